The third-order valence-electron chi connectivity index (χ3n) is 6.43. The lowest BCUT2D eigenvalue weighted by Crippen LogP contribution is -2.35. The molecule has 5 rings (SSSR count). The van der Waals surface area contributed by atoms with Gasteiger partial charge in [-0.15, -0.1) is 0 Å². The summed E-state index contributed by atoms with van der Waals surface area (Å²) in [6.07, 6.45) is 4.39. The number of carbonyl (C=O) groups excluding carboxylic acids is 1. The first kappa shape index (κ1) is 21.5. The van der Waals surface area contributed by atoms with Crippen LogP contribution < -0.4 is 4.74 Å². The standard InChI is InChI=1S/C29H29NO3/c31-29(22-9-2-1-3-10-22)33-27-14-6-12-23(19-27)25-13-7-17-30(21-25)18-8-15-26-20-24-11-4-5-16-28(24)32-26/h1-6,9-12,14,16,19-20,25H,7-8,13,15,17-18,21H2. The van der Waals surface area contributed by atoms with Crippen LogP contribution in [0.4, 0.5) is 0 Å². The summed E-state index contributed by atoms with van der Waals surface area (Å²) in [6, 6.07) is 27.5. The Hall–Kier alpha value is -3.37. The molecule has 0 radical (unpaired) electrons. The molecule has 2 heterocycles. The van der Waals surface area contributed by atoms with Gasteiger partial charge in [-0.1, -0.05) is 48.5 Å². The topological polar surface area (TPSA) is 42.7 Å². The molecule has 0 spiro atoms. The Morgan fingerprint density at radius 1 is 0.970 bits per heavy atom. The highest BCUT2D eigenvalue weighted by Crippen LogP contribution is 2.30. The SMILES string of the molecule is O=C(Oc1cccc(C2CCCN(CCCc3cc4ccccc4o3)C2)c1)c1ccccc1. The van der Waals surface area contributed by atoms with E-state index < -0.39 is 0 Å². The Morgan fingerprint density at radius 3 is 2.70 bits per heavy atom. The van der Waals surface area contributed by atoms with Gasteiger partial charge in [0.15, 0.2) is 0 Å². The molecule has 4 heteroatoms. The van der Waals surface area contributed by atoms with E-state index in [4.69, 9.17) is 9.15 Å². The zero-order chi connectivity index (χ0) is 22.5. The van der Waals surface area contributed by atoms with E-state index in [1.807, 2.05) is 54.6 Å². The van der Waals surface area contributed by atoms with Crippen molar-refractivity contribution in [2.24, 2.45) is 0 Å². The van der Waals surface area contributed by atoms with Crippen LogP contribution in [0.15, 0.2) is 89.3 Å². The number of hydrogen-bond acceptors (Lipinski definition) is 4. The monoisotopic (exact) mass is 439 g/mol. The number of rotatable bonds is 7. The number of ether oxygens (including phenoxy) is 1. The molecule has 168 valence electrons. The van der Waals surface area contributed by atoms with Crippen molar-refractivity contribution >= 4 is 16.9 Å². The Labute approximate surface area is 194 Å². The summed E-state index contributed by atoms with van der Waals surface area (Å²) >= 11 is 0. The van der Waals surface area contributed by atoms with Crippen LogP contribution >= 0.6 is 0 Å². The maximum atomic E-state index is 12.4. The lowest BCUT2D eigenvalue weighted by molar-refractivity contribution is 0.0734. The van der Waals surface area contributed by atoms with Crippen LogP contribution in [0.5, 0.6) is 5.75 Å². The molecule has 1 unspecified atom stereocenters. The van der Waals surface area contributed by atoms with Crippen molar-refractivity contribution in [1.29, 1.82) is 0 Å². The highest BCUT2D eigenvalue weighted by molar-refractivity contribution is 5.91. The molecule has 1 aromatic heterocycles. The first-order valence-corrected chi connectivity index (χ1v) is 11.8. The number of para-hydroxylation sites is 1. The van der Waals surface area contributed by atoms with Crippen molar-refractivity contribution < 1.29 is 13.9 Å². The molecule has 0 saturated carbocycles. The summed E-state index contributed by atoms with van der Waals surface area (Å²) in [5.74, 6) is 1.82. The summed E-state index contributed by atoms with van der Waals surface area (Å²) < 4.78 is 11.6. The van der Waals surface area contributed by atoms with Gasteiger partial charge in [0.1, 0.15) is 17.1 Å². The van der Waals surface area contributed by atoms with Crippen LogP contribution in [0.1, 0.15) is 46.9 Å². The summed E-state index contributed by atoms with van der Waals surface area (Å²) in [4.78, 5) is 15.0. The fraction of sp³-hybridized carbons (Fsp3) is 0.276. The smallest absolute Gasteiger partial charge is 0.343 e. The van der Waals surface area contributed by atoms with Crippen molar-refractivity contribution in [2.45, 2.75) is 31.6 Å². The van der Waals surface area contributed by atoms with Crippen LogP contribution in [0.2, 0.25) is 0 Å². The molecule has 1 fully saturated rings. The molecule has 1 saturated heterocycles. The molecule has 0 aliphatic carbocycles. The minimum Gasteiger partial charge on any atom is -0.461 e. The number of likely N-dealkylation sites (tertiary alicyclic amines) is 1. The van der Waals surface area contributed by atoms with Crippen molar-refractivity contribution in [3.63, 3.8) is 0 Å². The van der Waals surface area contributed by atoms with Gasteiger partial charge in [-0.2, -0.15) is 0 Å². The Bertz CT molecular complexity index is 1180. The van der Waals surface area contributed by atoms with Gasteiger partial charge < -0.3 is 14.1 Å². The van der Waals surface area contributed by atoms with E-state index in [1.54, 1.807) is 12.1 Å². The average Bonchev–Trinajstić information content (AvgIpc) is 3.28. The van der Waals surface area contributed by atoms with Crippen molar-refractivity contribution in [1.82, 2.24) is 4.90 Å². The van der Waals surface area contributed by atoms with Gasteiger partial charge in [-0.25, -0.2) is 4.79 Å². The van der Waals surface area contributed by atoms with Crippen LogP contribution in [0.25, 0.3) is 11.0 Å². The first-order chi connectivity index (χ1) is 16.2. The fourth-order valence-electron chi connectivity index (χ4n) is 4.74. The molecule has 3 aromatic carbocycles. The quantitative estimate of drug-likeness (QED) is 0.245. The van der Waals surface area contributed by atoms with E-state index in [0.717, 1.165) is 50.2 Å². The zero-order valence-electron chi connectivity index (χ0n) is 18.8. The highest BCUT2D eigenvalue weighted by atomic mass is 16.5. The van der Waals surface area contributed by atoms with Gasteiger partial charge in [0.2, 0.25) is 0 Å². The van der Waals surface area contributed by atoms with Crippen molar-refractivity contribution in [3.05, 3.63) is 102 Å². The van der Waals surface area contributed by atoms with Crippen LogP contribution in [0.3, 0.4) is 0 Å². The molecule has 33 heavy (non-hydrogen) atoms. The van der Waals surface area contributed by atoms with E-state index in [-0.39, 0.29) is 5.97 Å². The lowest BCUT2D eigenvalue weighted by Gasteiger charge is -2.33. The van der Waals surface area contributed by atoms with E-state index in [1.165, 1.54) is 17.4 Å². The van der Waals surface area contributed by atoms with E-state index in [9.17, 15) is 4.79 Å². The van der Waals surface area contributed by atoms with E-state index >= 15 is 0 Å². The number of esters is 1. The normalized spacial score (nSPS) is 16.7. The minimum atomic E-state index is -0.316. The predicted octanol–water partition coefficient (Wildman–Crippen LogP) is 6.46. The second-order valence-electron chi connectivity index (χ2n) is 8.82. The molecule has 4 nitrogen and oxygen atoms in total. The van der Waals surface area contributed by atoms with Gasteiger partial charge in [-0.05, 0) is 80.2 Å². The number of hydrogen-bond donors (Lipinski definition) is 0. The lowest BCUT2D eigenvalue weighted by atomic mass is 9.90. The van der Waals surface area contributed by atoms with Gasteiger partial charge in [-0.3, -0.25) is 0 Å². The zero-order valence-corrected chi connectivity index (χ0v) is 18.8. The number of nitrogens with zero attached hydrogens (tertiary/aromatic N) is 1. The maximum Gasteiger partial charge on any atom is 0.343 e. The number of furan rings is 1. The molecule has 0 N–H and O–H groups in total. The first-order valence-electron chi connectivity index (χ1n) is 11.8. The second-order valence-corrected chi connectivity index (χ2v) is 8.82. The van der Waals surface area contributed by atoms with Crippen molar-refractivity contribution in [3.8, 4) is 5.75 Å². The van der Waals surface area contributed by atoms with E-state index in [2.05, 4.69) is 23.1 Å². The number of aryl methyl sites for hydroxylation is 1. The average molecular weight is 440 g/mol. The molecule has 1 aliphatic heterocycles. The Kier molecular flexibility index (Phi) is 6.54. The number of fused-ring (bicyclic) bond motifs is 1. The predicted molar refractivity (Wildman–Crippen MR) is 131 cm³/mol. The minimum absolute atomic E-state index is 0.316. The summed E-state index contributed by atoms with van der Waals surface area (Å²) in [5, 5.41) is 1.18. The van der Waals surface area contributed by atoms with Gasteiger partial charge in [0, 0.05) is 18.4 Å². The molecular weight excluding hydrogens is 410 g/mol. The molecule has 0 amide bonds. The van der Waals surface area contributed by atoms with Gasteiger partial charge in [0.05, 0.1) is 5.56 Å². The number of benzene rings is 3. The number of carbonyl (C=O) groups is 1. The molecule has 0 bridgehead atoms. The number of piperidine rings is 1. The summed E-state index contributed by atoms with van der Waals surface area (Å²) in [5.41, 5.74) is 2.78. The summed E-state index contributed by atoms with van der Waals surface area (Å²) in [7, 11) is 0. The highest BCUT2D eigenvalue weighted by Gasteiger charge is 2.22. The second kappa shape index (κ2) is 10.1. The van der Waals surface area contributed by atoms with Gasteiger partial charge in [0.25, 0.3) is 0 Å². The largest absolute Gasteiger partial charge is 0.461 e. The van der Waals surface area contributed by atoms with E-state index in [0.29, 0.717) is 17.2 Å². The van der Waals surface area contributed by atoms with Crippen LogP contribution in [-0.4, -0.2) is 30.5 Å². The molecule has 4 aromatic rings. The Balaban J connectivity index is 1.16. The van der Waals surface area contributed by atoms with Crippen LogP contribution in [0, 0.1) is 0 Å². The van der Waals surface area contributed by atoms with Crippen LogP contribution in [-0.2, 0) is 6.42 Å². The molecular formula is C29H29NO3. The van der Waals surface area contributed by atoms with Gasteiger partial charge >= 0.3 is 5.97 Å². The third-order valence-corrected chi connectivity index (χ3v) is 6.43. The molecule has 1 aliphatic rings. The third kappa shape index (κ3) is 5.35. The molecule has 1 atom stereocenters. The Morgan fingerprint density at radius 2 is 1.82 bits per heavy atom. The summed E-state index contributed by atoms with van der Waals surface area (Å²) in [6.45, 7) is 3.24. The fourth-order valence-corrected chi connectivity index (χ4v) is 4.74. The van der Waals surface area contributed by atoms with Crippen molar-refractivity contribution in [2.75, 3.05) is 19.6 Å². The maximum absolute atomic E-state index is 12.4.